The van der Waals surface area contributed by atoms with Gasteiger partial charge in [0.2, 0.25) is 5.43 Å². The topological polar surface area (TPSA) is 62.6 Å². The molecule has 0 unspecified atom stereocenters. The number of amides is 2. The number of likely N-dealkylation sites (N-methyl/N-ethyl adjacent to an activating group) is 1. The second kappa shape index (κ2) is 11.1. The van der Waals surface area contributed by atoms with Crippen LogP contribution in [0.1, 0.15) is 78.3 Å². The van der Waals surface area contributed by atoms with E-state index in [1.165, 1.54) is 0 Å². The zero-order valence-electron chi connectivity index (χ0n) is 19.5. The van der Waals surface area contributed by atoms with Crippen molar-refractivity contribution in [3.8, 4) is 0 Å². The third-order valence-electron chi connectivity index (χ3n) is 6.42. The van der Waals surface area contributed by atoms with Gasteiger partial charge in [0.25, 0.3) is 11.8 Å². The molecule has 1 aromatic heterocycles. The molecule has 1 aliphatic heterocycles. The molecule has 0 N–H and O–H groups in total. The Morgan fingerprint density at radius 3 is 2.25 bits per heavy atom. The maximum Gasteiger partial charge on any atom is 0.259 e. The molecular formula is C26H35N3O3. The van der Waals surface area contributed by atoms with E-state index in [0.29, 0.717) is 26.1 Å². The summed E-state index contributed by atoms with van der Waals surface area (Å²) < 4.78 is 1.85. The fourth-order valence-electron chi connectivity index (χ4n) is 4.06. The van der Waals surface area contributed by atoms with Gasteiger partial charge in [-0.15, -0.1) is 0 Å². The van der Waals surface area contributed by atoms with Crippen molar-refractivity contribution in [1.82, 2.24) is 14.4 Å². The summed E-state index contributed by atoms with van der Waals surface area (Å²) in [6, 6.07) is 10.0. The number of rotatable bonds is 7. The average Bonchev–Trinajstić information content (AvgIpc) is 3.11. The summed E-state index contributed by atoms with van der Waals surface area (Å²) in [7, 11) is 1.71. The van der Waals surface area contributed by atoms with Crippen molar-refractivity contribution in [3.05, 3.63) is 69.6 Å². The summed E-state index contributed by atoms with van der Waals surface area (Å²) in [6.45, 7) is 5.90. The summed E-state index contributed by atoms with van der Waals surface area (Å²) in [5, 5.41) is 0. The molecular weight excluding hydrogens is 402 g/mol. The Kier molecular flexibility index (Phi) is 8.26. The number of carbonyl (C=O) groups is 2. The van der Waals surface area contributed by atoms with Crippen molar-refractivity contribution in [1.29, 1.82) is 0 Å². The van der Waals surface area contributed by atoms with Crippen molar-refractivity contribution in [2.45, 2.75) is 58.4 Å². The van der Waals surface area contributed by atoms with Gasteiger partial charge in [-0.3, -0.25) is 14.4 Å². The van der Waals surface area contributed by atoms with Crippen LogP contribution in [0.15, 0.2) is 47.5 Å². The van der Waals surface area contributed by atoms with Gasteiger partial charge in [0.1, 0.15) is 11.1 Å². The minimum Gasteiger partial charge on any atom is -0.350 e. The molecule has 172 valence electrons. The van der Waals surface area contributed by atoms with Gasteiger partial charge in [-0.1, -0.05) is 50.1 Å². The van der Waals surface area contributed by atoms with Gasteiger partial charge in [0, 0.05) is 45.1 Å². The Morgan fingerprint density at radius 2 is 1.62 bits per heavy atom. The number of benzene rings is 1. The minimum absolute atomic E-state index is 0.0709. The lowest BCUT2D eigenvalue weighted by Gasteiger charge is -2.23. The third-order valence-corrected chi connectivity index (χ3v) is 6.42. The van der Waals surface area contributed by atoms with Crippen LogP contribution in [0.25, 0.3) is 0 Å². The van der Waals surface area contributed by atoms with Crippen molar-refractivity contribution >= 4 is 11.8 Å². The first-order valence-corrected chi connectivity index (χ1v) is 11.8. The summed E-state index contributed by atoms with van der Waals surface area (Å²) in [6.07, 6.45) is 8.91. The molecule has 1 atom stereocenters. The number of hydrogen-bond donors (Lipinski definition) is 0. The molecule has 3 rings (SSSR count). The molecule has 0 aliphatic carbocycles. The predicted molar refractivity (Wildman–Crippen MR) is 127 cm³/mol. The van der Waals surface area contributed by atoms with E-state index < -0.39 is 5.43 Å². The van der Waals surface area contributed by atoms with E-state index in [9.17, 15) is 14.4 Å². The van der Waals surface area contributed by atoms with Gasteiger partial charge in [-0.25, -0.2) is 0 Å². The van der Waals surface area contributed by atoms with E-state index >= 15 is 0 Å². The summed E-state index contributed by atoms with van der Waals surface area (Å²) in [5.41, 5.74) is 0.848. The van der Waals surface area contributed by atoms with Crippen LogP contribution in [0, 0.1) is 0 Å². The number of pyridine rings is 1. The summed E-state index contributed by atoms with van der Waals surface area (Å²) in [4.78, 5) is 43.2. The molecule has 32 heavy (non-hydrogen) atoms. The van der Waals surface area contributed by atoms with Crippen LogP contribution in [0.3, 0.4) is 0 Å². The maximum atomic E-state index is 13.3. The molecule has 2 amide bonds. The van der Waals surface area contributed by atoms with Gasteiger partial charge < -0.3 is 14.4 Å². The number of carbonyl (C=O) groups excluding carboxylic acids is 2. The van der Waals surface area contributed by atoms with Crippen LogP contribution in [0.2, 0.25) is 0 Å². The summed E-state index contributed by atoms with van der Waals surface area (Å²) in [5.74, 6) is -0.593. The molecule has 2 heterocycles. The fraction of sp³-hybridized carbons (Fsp3) is 0.500. The number of nitrogens with zero attached hydrogens (tertiary/aromatic N) is 3. The van der Waals surface area contributed by atoms with E-state index in [2.05, 4.69) is 0 Å². The van der Waals surface area contributed by atoms with Gasteiger partial charge in [0.05, 0.1) is 0 Å². The molecule has 6 nitrogen and oxygen atoms in total. The molecule has 1 aliphatic rings. The summed E-state index contributed by atoms with van der Waals surface area (Å²) >= 11 is 0. The van der Waals surface area contributed by atoms with Gasteiger partial charge in [0.15, 0.2) is 0 Å². The molecule has 0 spiro atoms. The van der Waals surface area contributed by atoms with Crippen LogP contribution >= 0.6 is 0 Å². The zero-order valence-corrected chi connectivity index (χ0v) is 19.5. The predicted octanol–water partition coefficient (Wildman–Crippen LogP) is 4.15. The highest BCUT2D eigenvalue weighted by atomic mass is 16.2. The van der Waals surface area contributed by atoms with E-state index in [1.54, 1.807) is 29.2 Å². The largest absolute Gasteiger partial charge is 0.350 e. The van der Waals surface area contributed by atoms with Crippen molar-refractivity contribution in [2.75, 3.05) is 26.7 Å². The van der Waals surface area contributed by atoms with Gasteiger partial charge >= 0.3 is 0 Å². The van der Waals surface area contributed by atoms with E-state index in [4.69, 9.17) is 0 Å². The first-order chi connectivity index (χ1) is 15.4. The minimum atomic E-state index is -0.463. The highest BCUT2D eigenvalue weighted by Gasteiger charge is 2.26. The van der Waals surface area contributed by atoms with E-state index in [0.717, 1.165) is 37.7 Å². The lowest BCUT2D eigenvalue weighted by atomic mass is 10.1. The number of hydrogen-bond acceptors (Lipinski definition) is 3. The van der Waals surface area contributed by atoms with Crippen LogP contribution in [-0.2, 0) is 6.42 Å². The average molecular weight is 438 g/mol. The highest BCUT2D eigenvalue weighted by Crippen LogP contribution is 2.16. The quantitative estimate of drug-likeness (QED) is 0.654. The first kappa shape index (κ1) is 23.8. The molecule has 6 heteroatoms. The Labute approximate surface area is 190 Å². The molecule has 2 aromatic rings. The van der Waals surface area contributed by atoms with Gasteiger partial charge in [-0.2, -0.15) is 0 Å². The molecule has 1 fully saturated rings. The molecule has 1 aromatic carbocycles. The standard InChI is InChI=1S/C26H35N3O3/c1-4-20(2)29-18-22(25(31)27(3)17-14-21-12-8-7-9-13-21)24(30)23(19-29)26(32)28-15-10-5-6-11-16-28/h7-9,12-13,18-20H,4-6,10-11,14-17H2,1-3H3/t20-/m1/s1. The van der Waals surface area contributed by atoms with Crippen molar-refractivity contribution < 1.29 is 9.59 Å². The van der Waals surface area contributed by atoms with Crippen molar-refractivity contribution in [3.63, 3.8) is 0 Å². The second-order valence-corrected chi connectivity index (χ2v) is 8.79. The van der Waals surface area contributed by atoms with Crippen LogP contribution in [-0.4, -0.2) is 52.9 Å². The number of aromatic nitrogens is 1. The Morgan fingerprint density at radius 1 is 1.00 bits per heavy atom. The maximum absolute atomic E-state index is 13.3. The Balaban J connectivity index is 1.89. The van der Waals surface area contributed by atoms with Crippen molar-refractivity contribution in [2.24, 2.45) is 0 Å². The number of likely N-dealkylation sites (tertiary alicyclic amines) is 1. The Bertz CT molecular complexity index is 976. The molecule has 0 radical (unpaired) electrons. The second-order valence-electron chi connectivity index (χ2n) is 8.79. The molecule has 0 saturated carbocycles. The normalized spacial score (nSPS) is 15.2. The lowest BCUT2D eigenvalue weighted by molar-refractivity contribution is 0.0759. The Hall–Kier alpha value is -2.89. The fourth-order valence-corrected chi connectivity index (χ4v) is 4.06. The van der Waals surface area contributed by atoms with Crippen LogP contribution in [0.5, 0.6) is 0 Å². The SMILES string of the molecule is CC[C@@H](C)n1cc(C(=O)N(C)CCc2ccccc2)c(=O)c(C(=O)N2CCCCCC2)c1. The monoisotopic (exact) mass is 437 g/mol. The zero-order chi connectivity index (χ0) is 23.1. The molecule has 1 saturated heterocycles. The third kappa shape index (κ3) is 5.67. The first-order valence-electron chi connectivity index (χ1n) is 11.8. The van der Waals surface area contributed by atoms with E-state index in [-0.39, 0.29) is 29.0 Å². The lowest BCUT2D eigenvalue weighted by Crippen LogP contribution is -2.39. The van der Waals surface area contributed by atoms with Crippen LogP contribution in [0.4, 0.5) is 0 Å². The van der Waals surface area contributed by atoms with Gasteiger partial charge in [-0.05, 0) is 38.2 Å². The van der Waals surface area contributed by atoms with Crippen LogP contribution < -0.4 is 5.43 Å². The molecule has 0 bridgehead atoms. The smallest absolute Gasteiger partial charge is 0.259 e. The highest BCUT2D eigenvalue weighted by molar-refractivity contribution is 5.99. The van der Waals surface area contributed by atoms with E-state index in [1.807, 2.05) is 48.7 Å².